The Kier molecular flexibility index (Phi) is 13.8. The van der Waals surface area contributed by atoms with E-state index in [1.807, 2.05) is 6.08 Å². The van der Waals surface area contributed by atoms with Crippen molar-refractivity contribution in [2.45, 2.75) is 111 Å². The summed E-state index contributed by atoms with van der Waals surface area (Å²) in [6.07, 6.45) is 11.5. The van der Waals surface area contributed by atoms with Crippen LogP contribution < -0.4 is 0 Å². The fourth-order valence-electron chi connectivity index (χ4n) is 4.35. The molecule has 2 nitrogen and oxygen atoms in total. The summed E-state index contributed by atoms with van der Waals surface area (Å²) in [4.78, 5) is 11.9. The standard InChI is InChI=1S/C15H17F3O2.C10H12.C5H10.C4H8/c1-10-2-8-13(9-3-10)20-14(19)11-4-6-12(7-5-11)15(16,17)18;1-4-10-6-8(2)5-9(3)7-10;1-5-3-2-4-5;1-2-4-3-1/h4-7,10,13H,2-3,8-9H2,1H3;4-7H,1H2,2-3H3;5H,2-4H2,1H3;1-4H2. The maximum Gasteiger partial charge on any atom is 0.416 e. The molecule has 2 aromatic rings. The molecule has 0 spiro atoms. The SMILES string of the molecule is C1CCC1.C=Cc1cc(C)cc(C)c1.CC1CCC(OC(=O)c2ccc(C(F)(F)F)cc2)CC1.CC1CCC1. The van der Waals surface area contributed by atoms with Crippen LogP contribution in [0.25, 0.3) is 6.08 Å². The number of halogens is 3. The van der Waals surface area contributed by atoms with Crippen molar-refractivity contribution >= 4 is 12.0 Å². The molecular formula is C34H47F3O2. The van der Waals surface area contributed by atoms with Crippen molar-refractivity contribution in [3.05, 3.63) is 76.9 Å². The van der Waals surface area contributed by atoms with Gasteiger partial charge in [-0.15, -0.1) is 0 Å². The van der Waals surface area contributed by atoms with Gasteiger partial charge in [0.15, 0.2) is 0 Å². The molecule has 3 fully saturated rings. The number of alkyl halides is 3. The molecule has 5 rings (SSSR count). The van der Waals surface area contributed by atoms with Crippen molar-refractivity contribution in [1.29, 1.82) is 0 Å². The van der Waals surface area contributed by atoms with Crippen LogP contribution in [0.15, 0.2) is 49.0 Å². The Morgan fingerprint density at radius 2 is 1.28 bits per heavy atom. The minimum atomic E-state index is -4.39. The molecule has 5 heteroatoms. The van der Waals surface area contributed by atoms with Gasteiger partial charge in [0.05, 0.1) is 11.1 Å². The monoisotopic (exact) mass is 544 g/mol. The first-order valence-electron chi connectivity index (χ1n) is 14.6. The zero-order valence-electron chi connectivity index (χ0n) is 24.3. The van der Waals surface area contributed by atoms with Gasteiger partial charge in [-0.2, -0.15) is 13.2 Å². The molecular weight excluding hydrogens is 497 g/mol. The number of hydrogen-bond acceptors (Lipinski definition) is 2. The van der Waals surface area contributed by atoms with Crippen LogP contribution in [0.4, 0.5) is 13.2 Å². The molecule has 216 valence electrons. The van der Waals surface area contributed by atoms with Crippen molar-refractivity contribution < 1.29 is 22.7 Å². The van der Waals surface area contributed by atoms with E-state index in [0.29, 0.717) is 5.92 Å². The van der Waals surface area contributed by atoms with Crippen LogP contribution in [0, 0.1) is 25.7 Å². The van der Waals surface area contributed by atoms with Crippen LogP contribution in [0.5, 0.6) is 0 Å². The third kappa shape index (κ3) is 12.9. The lowest BCUT2D eigenvalue weighted by Crippen LogP contribution is -2.23. The molecule has 0 radical (unpaired) electrons. The summed E-state index contributed by atoms with van der Waals surface area (Å²) in [5.41, 5.74) is 3.21. The molecule has 3 saturated carbocycles. The molecule has 0 aliphatic heterocycles. The second kappa shape index (κ2) is 16.5. The Morgan fingerprint density at radius 3 is 1.64 bits per heavy atom. The van der Waals surface area contributed by atoms with E-state index in [-0.39, 0.29) is 11.7 Å². The van der Waals surface area contributed by atoms with Gasteiger partial charge in [0.2, 0.25) is 0 Å². The lowest BCUT2D eigenvalue weighted by atomic mass is 9.88. The molecule has 2 aromatic carbocycles. The normalized spacial score (nSPS) is 20.2. The molecule has 0 N–H and O–H groups in total. The van der Waals surface area contributed by atoms with Crippen LogP contribution >= 0.6 is 0 Å². The number of hydrogen-bond donors (Lipinski definition) is 0. The van der Waals surface area contributed by atoms with E-state index in [2.05, 4.69) is 52.5 Å². The van der Waals surface area contributed by atoms with Crippen molar-refractivity contribution in [3.63, 3.8) is 0 Å². The van der Waals surface area contributed by atoms with Crippen LogP contribution in [0.1, 0.15) is 117 Å². The highest BCUT2D eigenvalue weighted by atomic mass is 19.4. The van der Waals surface area contributed by atoms with Crippen LogP contribution in [-0.4, -0.2) is 12.1 Å². The van der Waals surface area contributed by atoms with Gasteiger partial charge in [0, 0.05) is 0 Å². The van der Waals surface area contributed by atoms with Gasteiger partial charge in [-0.3, -0.25) is 0 Å². The smallest absolute Gasteiger partial charge is 0.416 e. The van der Waals surface area contributed by atoms with E-state index in [4.69, 9.17) is 4.74 Å². The van der Waals surface area contributed by atoms with Crippen molar-refractivity contribution in [3.8, 4) is 0 Å². The number of rotatable bonds is 3. The zero-order valence-corrected chi connectivity index (χ0v) is 24.3. The Morgan fingerprint density at radius 1 is 0.795 bits per heavy atom. The maximum atomic E-state index is 12.4. The highest BCUT2D eigenvalue weighted by molar-refractivity contribution is 5.89. The van der Waals surface area contributed by atoms with Gasteiger partial charge in [0.1, 0.15) is 6.10 Å². The largest absolute Gasteiger partial charge is 0.459 e. The zero-order chi connectivity index (χ0) is 28.8. The average molecular weight is 545 g/mol. The van der Waals surface area contributed by atoms with E-state index >= 15 is 0 Å². The lowest BCUT2D eigenvalue weighted by Gasteiger charge is -2.26. The minimum absolute atomic E-state index is 0.110. The van der Waals surface area contributed by atoms with Crippen molar-refractivity contribution in [1.82, 2.24) is 0 Å². The minimum Gasteiger partial charge on any atom is -0.459 e. The van der Waals surface area contributed by atoms with Crippen LogP contribution in [-0.2, 0) is 10.9 Å². The number of carbonyl (C=O) groups is 1. The van der Waals surface area contributed by atoms with Gasteiger partial charge >= 0.3 is 12.1 Å². The Bertz CT molecular complexity index is 970. The maximum absolute atomic E-state index is 12.4. The van der Waals surface area contributed by atoms with Crippen LogP contribution in [0.3, 0.4) is 0 Å². The third-order valence-corrected chi connectivity index (χ3v) is 7.56. The molecule has 39 heavy (non-hydrogen) atoms. The Hall–Kier alpha value is -2.56. The molecule has 0 bridgehead atoms. The predicted molar refractivity (Wildman–Crippen MR) is 156 cm³/mol. The highest BCUT2D eigenvalue weighted by Gasteiger charge is 2.30. The quantitative estimate of drug-likeness (QED) is 0.359. The first kappa shape index (κ1) is 32.7. The summed E-state index contributed by atoms with van der Waals surface area (Å²) in [6, 6.07) is 10.5. The van der Waals surface area contributed by atoms with E-state index in [1.165, 1.54) is 61.6 Å². The van der Waals surface area contributed by atoms with E-state index in [9.17, 15) is 18.0 Å². The second-order valence-corrected chi connectivity index (χ2v) is 11.4. The van der Waals surface area contributed by atoms with Gasteiger partial charge < -0.3 is 4.74 Å². The summed E-state index contributed by atoms with van der Waals surface area (Å²) in [5, 5.41) is 0. The van der Waals surface area contributed by atoms with E-state index in [1.54, 1.807) is 0 Å². The van der Waals surface area contributed by atoms with E-state index in [0.717, 1.165) is 55.9 Å². The van der Waals surface area contributed by atoms with Crippen molar-refractivity contribution in [2.75, 3.05) is 0 Å². The first-order chi connectivity index (χ1) is 18.5. The van der Waals surface area contributed by atoms with E-state index < -0.39 is 17.7 Å². The molecule has 3 aliphatic rings. The Labute approximate surface area is 234 Å². The molecule has 3 aliphatic carbocycles. The van der Waals surface area contributed by atoms with Gasteiger partial charge in [-0.05, 0) is 81.2 Å². The summed E-state index contributed by atoms with van der Waals surface area (Å²) in [7, 11) is 0. The second-order valence-electron chi connectivity index (χ2n) is 11.4. The topological polar surface area (TPSA) is 26.3 Å². The third-order valence-electron chi connectivity index (χ3n) is 7.56. The molecule has 0 heterocycles. The summed E-state index contributed by atoms with van der Waals surface area (Å²) >= 11 is 0. The number of ether oxygens (including phenoxy) is 1. The number of carbonyl (C=O) groups excluding carboxylic acids is 1. The van der Waals surface area contributed by atoms with Crippen molar-refractivity contribution in [2.24, 2.45) is 11.8 Å². The molecule has 0 unspecified atom stereocenters. The Balaban J connectivity index is 0.000000228. The van der Waals surface area contributed by atoms with Gasteiger partial charge in [-0.25, -0.2) is 4.79 Å². The summed E-state index contributed by atoms with van der Waals surface area (Å²) in [6.45, 7) is 12.4. The first-order valence-corrected chi connectivity index (χ1v) is 14.6. The highest BCUT2D eigenvalue weighted by Crippen LogP contribution is 2.30. The number of benzene rings is 2. The average Bonchev–Trinajstić information content (AvgIpc) is 2.83. The molecule has 0 saturated heterocycles. The summed E-state index contributed by atoms with van der Waals surface area (Å²) in [5.74, 6) is 1.17. The molecule has 0 aromatic heterocycles. The number of aryl methyl sites for hydroxylation is 2. The fourth-order valence-corrected chi connectivity index (χ4v) is 4.35. The van der Waals surface area contributed by atoms with Crippen LogP contribution in [0.2, 0.25) is 0 Å². The number of esters is 1. The summed E-state index contributed by atoms with van der Waals surface area (Å²) < 4.78 is 42.6. The van der Waals surface area contributed by atoms with Gasteiger partial charge in [-0.1, -0.05) is 101 Å². The fraction of sp³-hybridized carbons (Fsp3) is 0.559. The lowest BCUT2D eigenvalue weighted by molar-refractivity contribution is -0.137. The molecule has 0 atom stereocenters. The predicted octanol–water partition coefficient (Wildman–Crippen LogP) is 10.8. The van der Waals surface area contributed by atoms with Gasteiger partial charge in [0.25, 0.3) is 0 Å². The molecule has 0 amide bonds.